The van der Waals surface area contributed by atoms with Crippen LogP contribution in [0.4, 0.5) is 0 Å². The molecule has 2 N–H and O–H groups in total. The molecule has 1 atom stereocenters. The Morgan fingerprint density at radius 2 is 1.60 bits per heavy atom. The van der Waals surface area contributed by atoms with Gasteiger partial charge in [0.1, 0.15) is 21.7 Å². The molecule has 0 saturated carbocycles. The molecule has 242 valence electrons. The van der Waals surface area contributed by atoms with Gasteiger partial charge in [-0.2, -0.15) is 0 Å². The second-order valence-electron chi connectivity index (χ2n) is 10.8. The maximum atomic E-state index is 12.7. The third-order valence-corrected chi connectivity index (χ3v) is 7.63. The van der Waals surface area contributed by atoms with Crippen LogP contribution in [0.2, 0.25) is 0 Å². The van der Waals surface area contributed by atoms with Crippen LogP contribution < -0.4 is 10.6 Å². The van der Waals surface area contributed by atoms with Crippen LogP contribution in [0.25, 0.3) is 11.4 Å². The maximum absolute atomic E-state index is 12.7. The van der Waals surface area contributed by atoms with Gasteiger partial charge in [0, 0.05) is 63.7 Å². The lowest BCUT2D eigenvalue weighted by molar-refractivity contribution is -0.197. The summed E-state index contributed by atoms with van der Waals surface area (Å²) in [6.45, 7) is 2.02. The molecule has 2 aromatic rings. The van der Waals surface area contributed by atoms with Crippen molar-refractivity contribution in [1.82, 2.24) is 25.7 Å². The van der Waals surface area contributed by atoms with Crippen molar-refractivity contribution in [3.8, 4) is 11.4 Å². The molecule has 1 unspecified atom stereocenters. The normalized spacial score (nSPS) is 13.8. The van der Waals surface area contributed by atoms with Gasteiger partial charge in [0.25, 0.3) is 11.8 Å². The maximum Gasteiger partial charge on any atom is 0.333 e. The quantitative estimate of drug-likeness (QED) is 0.185. The fraction of sp³-hybridized carbons (Fsp3) is 0.467. The molecule has 1 fully saturated rings. The smallest absolute Gasteiger partial charge is 0.333 e. The largest absolute Gasteiger partial charge is 0.354 e. The number of amides is 4. The van der Waals surface area contributed by atoms with E-state index in [2.05, 4.69) is 20.6 Å². The van der Waals surface area contributed by atoms with Gasteiger partial charge in [-0.15, -0.1) is 5.06 Å². The first kappa shape index (κ1) is 35.0. The van der Waals surface area contributed by atoms with Gasteiger partial charge < -0.3 is 15.5 Å². The summed E-state index contributed by atoms with van der Waals surface area (Å²) in [5.41, 5.74) is 3.14. The molecule has 0 radical (unpaired) electrons. The number of Topliss-reactive ketones (excluding diaryl/α,β-unsaturated/α-hetero) is 1. The van der Waals surface area contributed by atoms with Gasteiger partial charge in [-0.3, -0.25) is 33.9 Å². The molecule has 0 aliphatic carbocycles. The zero-order chi connectivity index (χ0) is 33.0. The third kappa shape index (κ3) is 12.2. The van der Waals surface area contributed by atoms with E-state index in [1.165, 1.54) is 0 Å². The number of carbonyl (C=O) groups excluding carboxylic acids is 6. The van der Waals surface area contributed by atoms with Crippen molar-refractivity contribution in [1.29, 1.82) is 0 Å². The van der Waals surface area contributed by atoms with Crippen LogP contribution in [0.1, 0.15) is 62.5 Å². The second kappa shape index (κ2) is 16.5. The minimum Gasteiger partial charge on any atom is -0.354 e. The molecule has 0 bridgehead atoms. The van der Waals surface area contributed by atoms with E-state index in [9.17, 15) is 37.2 Å². The molecule has 4 amide bonds. The van der Waals surface area contributed by atoms with E-state index in [0.717, 1.165) is 17.4 Å². The number of hydrogen-bond donors (Lipinski definition) is 2. The van der Waals surface area contributed by atoms with Crippen LogP contribution in [-0.2, 0) is 49.9 Å². The van der Waals surface area contributed by atoms with Crippen molar-refractivity contribution < 1.29 is 42.0 Å². The predicted molar refractivity (Wildman–Crippen MR) is 160 cm³/mol. The molecule has 3 rings (SSSR count). The molecule has 45 heavy (non-hydrogen) atoms. The fourth-order valence-electron chi connectivity index (χ4n) is 4.45. The lowest BCUT2D eigenvalue weighted by Gasteiger charge is -2.18. The molecule has 14 nitrogen and oxygen atoms in total. The average Bonchev–Trinajstić information content (AvgIpc) is 3.28. The summed E-state index contributed by atoms with van der Waals surface area (Å²) < 4.78 is 23.8. The fourth-order valence-corrected chi connectivity index (χ4v) is 5.29. The Balaban J connectivity index is 1.39. The number of rotatable bonds is 17. The molecular weight excluding hydrogens is 606 g/mol. The molecular formula is C30H37N5O9S. The number of aromatic nitrogens is 2. The van der Waals surface area contributed by atoms with E-state index in [4.69, 9.17) is 4.84 Å². The topological polar surface area (TPSA) is 199 Å². The number of hydroxylamine groups is 2. The van der Waals surface area contributed by atoms with E-state index in [1.807, 2.05) is 19.1 Å². The molecule has 2 aromatic heterocycles. The number of sulfone groups is 1. The monoisotopic (exact) mass is 643 g/mol. The van der Waals surface area contributed by atoms with Crippen molar-refractivity contribution in [3.63, 3.8) is 0 Å². The predicted octanol–water partition coefficient (Wildman–Crippen LogP) is 1.16. The Morgan fingerprint density at radius 3 is 2.27 bits per heavy atom. The van der Waals surface area contributed by atoms with E-state index in [0.29, 0.717) is 22.9 Å². The molecule has 0 aromatic carbocycles. The molecule has 0 spiro atoms. The Morgan fingerprint density at radius 1 is 0.933 bits per heavy atom. The molecule has 1 saturated heterocycles. The summed E-state index contributed by atoms with van der Waals surface area (Å²) in [5.74, 6) is -3.92. The number of ketones is 1. The number of nitrogens with zero attached hydrogens (tertiary/aromatic N) is 3. The van der Waals surface area contributed by atoms with E-state index >= 15 is 0 Å². The highest BCUT2D eigenvalue weighted by Crippen LogP contribution is 2.17. The summed E-state index contributed by atoms with van der Waals surface area (Å²) in [4.78, 5) is 86.1. The van der Waals surface area contributed by atoms with Crippen LogP contribution in [0.15, 0.2) is 36.7 Å². The summed E-state index contributed by atoms with van der Waals surface area (Å²) in [6, 6.07) is 5.97. The lowest BCUT2D eigenvalue weighted by Crippen LogP contribution is -2.50. The number of hydrogen-bond acceptors (Lipinski definition) is 11. The van der Waals surface area contributed by atoms with Crippen molar-refractivity contribution in [2.24, 2.45) is 0 Å². The number of aryl methyl sites for hydroxylation is 1. The van der Waals surface area contributed by atoms with Crippen molar-refractivity contribution in [2.75, 3.05) is 18.6 Å². The summed E-state index contributed by atoms with van der Waals surface area (Å²) in [6.07, 6.45) is 5.06. The molecule has 15 heteroatoms. The Hall–Kier alpha value is -4.53. The summed E-state index contributed by atoms with van der Waals surface area (Å²) >= 11 is 0. The Labute approximate surface area is 261 Å². The zero-order valence-corrected chi connectivity index (χ0v) is 26.1. The van der Waals surface area contributed by atoms with Gasteiger partial charge >= 0.3 is 5.97 Å². The van der Waals surface area contributed by atoms with Crippen molar-refractivity contribution >= 4 is 45.2 Å². The number of imide groups is 1. The highest BCUT2D eigenvalue weighted by atomic mass is 32.2. The first-order chi connectivity index (χ1) is 21.3. The van der Waals surface area contributed by atoms with Crippen LogP contribution in [0.5, 0.6) is 0 Å². The first-order valence-electron chi connectivity index (χ1n) is 14.5. The van der Waals surface area contributed by atoms with Gasteiger partial charge in [-0.05, 0) is 61.6 Å². The zero-order valence-electron chi connectivity index (χ0n) is 25.2. The summed E-state index contributed by atoms with van der Waals surface area (Å²) in [7, 11) is -3.64. The minimum absolute atomic E-state index is 0.0118. The number of nitrogens with one attached hydrogen (secondary N) is 2. The first-order valence-corrected chi connectivity index (χ1v) is 16.6. The van der Waals surface area contributed by atoms with Crippen LogP contribution in [0.3, 0.4) is 0 Å². The number of pyridine rings is 2. The van der Waals surface area contributed by atoms with Gasteiger partial charge in [0.05, 0.1) is 17.1 Å². The third-order valence-electron chi connectivity index (χ3n) is 6.69. The molecule has 3 heterocycles. The average molecular weight is 644 g/mol. The van der Waals surface area contributed by atoms with Crippen LogP contribution in [0, 0.1) is 6.92 Å². The number of unbranched alkanes of at least 4 members (excludes halogenated alkanes) is 1. The Bertz CT molecular complexity index is 1530. The van der Waals surface area contributed by atoms with Gasteiger partial charge in [-0.25, -0.2) is 13.2 Å². The summed E-state index contributed by atoms with van der Waals surface area (Å²) in [5, 5.41) is 5.43. The van der Waals surface area contributed by atoms with Gasteiger partial charge in [-0.1, -0.05) is 0 Å². The molecule has 1 aliphatic heterocycles. The van der Waals surface area contributed by atoms with Crippen LogP contribution >= 0.6 is 0 Å². The lowest BCUT2D eigenvalue weighted by atomic mass is 10.0. The standard InChI is InChI=1S/C30H37N5O9S/c1-20-11-14-31-23(16-20)24-18-21(12-15-32-24)17-22(36)6-5-7-26(37)34-25(19-45(2,42)43)30(41)33-13-4-3-8-29(40)44-35-27(38)9-10-28(35)39/h11-12,14-16,18,25H,3-10,13,17,19H2,1-2H3,(H,33,41)(H,34,37). The van der Waals surface area contributed by atoms with Crippen molar-refractivity contribution in [2.45, 2.75) is 70.8 Å². The second-order valence-corrected chi connectivity index (χ2v) is 13.0. The van der Waals surface area contributed by atoms with E-state index in [1.54, 1.807) is 24.5 Å². The Kier molecular flexibility index (Phi) is 12.8. The highest BCUT2D eigenvalue weighted by molar-refractivity contribution is 7.90. The highest BCUT2D eigenvalue weighted by Gasteiger charge is 2.32. The van der Waals surface area contributed by atoms with Gasteiger partial charge in [0.15, 0.2) is 0 Å². The van der Waals surface area contributed by atoms with E-state index in [-0.39, 0.29) is 63.7 Å². The van der Waals surface area contributed by atoms with Crippen LogP contribution in [-0.4, -0.2) is 83.4 Å². The number of carbonyl (C=O) groups is 6. The minimum atomic E-state index is -3.64. The molecule has 1 aliphatic rings. The van der Waals surface area contributed by atoms with Crippen molar-refractivity contribution in [3.05, 3.63) is 47.8 Å². The van der Waals surface area contributed by atoms with Gasteiger partial charge in [0.2, 0.25) is 11.8 Å². The van der Waals surface area contributed by atoms with E-state index < -0.39 is 51.2 Å². The SMILES string of the molecule is Cc1ccnc(-c2cc(CC(=O)CCCC(=O)NC(CS(C)(=O)=O)C(=O)NCCCCC(=O)ON3C(=O)CCC3=O)ccn2)c1.